The number of nitrogens with one attached hydrogen (secondary N) is 1. The van der Waals surface area contributed by atoms with E-state index < -0.39 is 0 Å². The van der Waals surface area contributed by atoms with E-state index in [2.05, 4.69) is 30.4 Å². The lowest BCUT2D eigenvalue weighted by Crippen LogP contribution is -2.23. The summed E-state index contributed by atoms with van der Waals surface area (Å²) in [5.41, 5.74) is 3.26. The molecular weight excluding hydrogens is 305 g/mol. The number of hydrogen-bond acceptors (Lipinski definition) is 2. The molecule has 0 aliphatic carbocycles. The zero-order valence-electron chi connectivity index (χ0n) is 11.8. The highest BCUT2D eigenvalue weighted by atomic mass is 35.5. The fraction of sp³-hybridized carbons (Fsp3) is 0.294. The van der Waals surface area contributed by atoms with Crippen LogP contribution in [0.2, 0.25) is 10.0 Å². The van der Waals surface area contributed by atoms with Crippen LogP contribution in [0.15, 0.2) is 36.4 Å². The maximum atomic E-state index is 6.40. The molecule has 0 saturated carbocycles. The molecule has 0 aromatic heterocycles. The first-order valence-electron chi connectivity index (χ1n) is 7.14. The van der Waals surface area contributed by atoms with Gasteiger partial charge in [0.2, 0.25) is 0 Å². The van der Waals surface area contributed by atoms with Crippen molar-refractivity contribution in [2.24, 2.45) is 0 Å². The van der Waals surface area contributed by atoms with Crippen LogP contribution in [0.4, 0.5) is 0 Å². The Hall–Kier alpha value is -1.22. The highest BCUT2D eigenvalue weighted by Gasteiger charge is 2.25. The third-order valence-electron chi connectivity index (χ3n) is 3.75. The molecule has 0 radical (unpaired) electrons. The van der Waals surface area contributed by atoms with E-state index in [4.69, 9.17) is 27.9 Å². The minimum absolute atomic E-state index is 0.0655. The smallest absolute Gasteiger partial charge is 0.127 e. The van der Waals surface area contributed by atoms with Crippen molar-refractivity contribution in [3.8, 4) is 5.75 Å². The molecule has 1 heterocycles. The summed E-state index contributed by atoms with van der Waals surface area (Å²) in [6.07, 6.45) is 0.957. The molecule has 1 N–H and O–H groups in total. The van der Waals surface area contributed by atoms with Crippen LogP contribution in [0.3, 0.4) is 0 Å². The average Bonchev–Trinajstić information content (AvgIpc) is 2.94. The summed E-state index contributed by atoms with van der Waals surface area (Å²) in [4.78, 5) is 0. The molecule has 4 heteroatoms. The molecule has 2 aromatic rings. The Balaban J connectivity index is 2.13. The Bertz CT molecular complexity index is 637. The van der Waals surface area contributed by atoms with E-state index in [1.807, 2.05) is 18.2 Å². The molecule has 0 fully saturated rings. The van der Waals surface area contributed by atoms with Crippen LogP contribution < -0.4 is 10.1 Å². The van der Waals surface area contributed by atoms with E-state index in [1.54, 1.807) is 0 Å². The lowest BCUT2D eigenvalue weighted by atomic mass is 9.95. The van der Waals surface area contributed by atoms with E-state index >= 15 is 0 Å². The van der Waals surface area contributed by atoms with Gasteiger partial charge in [-0.2, -0.15) is 0 Å². The highest BCUT2D eigenvalue weighted by molar-refractivity contribution is 6.36. The van der Waals surface area contributed by atoms with E-state index in [-0.39, 0.29) is 6.04 Å². The first-order valence-corrected chi connectivity index (χ1v) is 7.89. The Morgan fingerprint density at radius 2 is 1.86 bits per heavy atom. The first kappa shape index (κ1) is 14.7. The van der Waals surface area contributed by atoms with Gasteiger partial charge in [0.1, 0.15) is 5.75 Å². The summed E-state index contributed by atoms with van der Waals surface area (Å²) in [6.45, 7) is 3.62. The van der Waals surface area contributed by atoms with Crippen molar-refractivity contribution < 1.29 is 4.74 Å². The highest BCUT2D eigenvalue weighted by Crippen LogP contribution is 2.40. The van der Waals surface area contributed by atoms with Gasteiger partial charge in [-0.3, -0.25) is 0 Å². The fourth-order valence-electron chi connectivity index (χ4n) is 2.83. The number of benzene rings is 2. The van der Waals surface area contributed by atoms with Gasteiger partial charge in [0.25, 0.3) is 0 Å². The predicted molar refractivity (Wildman–Crippen MR) is 87.6 cm³/mol. The molecule has 2 aromatic carbocycles. The van der Waals surface area contributed by atoms with E-state index in [0.717, 1.165) is 36.4 Å². The first-order chi connectivity index (χ1) is 10.2. The molecule has 1 atom stereocenters. The maximum Gasteiger partial charge on any atom is 0.127 e. The fourth-order valence-corrected chi connectivity index (χ4v) is 3.44. The van der Waals surface area contributed by atoms with Crippen molar-refractivity contribution in [3.05, 3.63) is 63.1 Å². The lowest BCUT2D eigenvalue weighted by molar-refractivity contribution is 0.350. The lowest BCUT2D eigenvalue weighted by Gasteiger charge is -2.23. The number of para-hydroxylation sites is 1. The van der Waals surface area contributed by atoms with Gasteiger partial charge in [-0.1, -0.05) is 54.4 Å². The van der Waals surface area contributed by atoms with Crippen molar-refractivity contribution in [3.63, 3.8) is 0 Å². The summed E-state index contributed by atoms with van der Waals surface area (Å²) >= 11 is 12.8. The Morgan fingerprint density at radius 3 is 2.57 bits per heavy atom. The van der Waals surface area contributed by atoms with Crippen molar-refractivity contribution >= 4 is 23.2 Å². The zero-order chi connectivity index (χ0) is 14.8. The standard InChI is InChI=1S/C17H17Cl2NO/c1-2-20-16(15-13(18)7-4-8-14(15)19)12-6-3-5-11-9-10-21-17(11)12/h3-8,16,20H,2,9-10H2,1H3. The predicted octanol–water partition coefficient (Wildman–Crippen LogP) is 4.63. The molecule has 0 saturated heterocycles. The van der Waals surface area contributed by atoms with Gasteiger partial charge in [-0.15, -0.1) is 0 Å². The van der Waals surface area contributed by atoms with E-state index in [0.29, 0.717) is 10.0 Å². The van der Waals surface area contributed by atoms with Crippen LogP contribution in [-0.2, 0) is 6.42 Å². The quantitative estimate of drug-likeness (QED) is 0.886. The minimum atomic E-state index is -0.0655. The normalized spacial score (nSPS) is 14.6. The van der Waals surface area contributed by atoms with Crippen LogP contribution in [-0.4, -0.2) is 13.2 Å². The number of halogens is 2. The van der Waals surface area contributed by atoms with Crippen molar-refractivity contribution in [1.82, 2.24) is 5.32 Å². The monoisotopic (exact) mass is 321 g/mol. The Labute approximate surface area is 135 Å². The summed E-state index contributed by atoms with van der Waals surface area (Å²) in [7, 11) is 0. The molecule has 1 aliphatic heterocycles. The van der Waals surface area contributed by atoms with Crippen molar-refractivity contribution in [2.75, 3.05) is 13.2 Å². The number of ether oxygens (including phenoxy) is 1. The van der Waals surface area contributed by atoms with Crippen LogP contribution in [0.5, 0.6) is 5.75 Å². The summed E-state index contributed by atoms with van der Waals surface area (Å²) in [5, 5.41) is 4.82. The summed E-state index contributed by atoms with van der Waals surface area (Å²) < 4.78 is 5.83. The minimum Gasteiger partial charge on any atom is -0.493 e. The molecule has 0 bridgehead atoms. The Morgan fingerprint density at radius 1 is 1.14 bits per heavy atom. The van der Waals surface area contributed by atoms with Gasteiger partial charge in [0.15, 0.2) is 0 Å². The van der Waals surface area contributed by atoms with Crippen molar-refractivity contribution in [1.29, 1.82) is 0 Å². The van der Waals surface area contributed by atoms with Crippen molar-refractivity contribution in [2.45, 2.75) is 19.4 Å². The molecule has 1 unspecified atom stereocenters. The molecular formula is C17H17Cl2NO. The molecule has 1 aliphatic rings. The third-order valence-corrected chi connectivity index (χ3v) is 4.41. The second-order valence-electron chi connectivity index (χ2n) is 5.06. The van der Waals surface area contributed by atoms with Crippen LogP contribution in [0, 0.1) is 0 Å². The number of rotatable bonds is 4. The van der Waals surface area contributed by atoms with Gasteiger partial charge in [-0.25, -0.2) is 0 Å². The van der Waals surface area contributed by atoms with Gasteiger partial charge in [0, 0.05) is 27.6 Å². The molecule has 110 valence electrons. The largest absolute Gasteiger partial charge is 0.493 e. The SMILES string of the molecule is CCNC(c1cccc2c1OCC2)c1c(Cl)cccc1Cl. The second-order valence-corrected chi connectivity index (χ2v) is 5.87. The van der Waals surface area contributed by atoms with E-state index in [1.165, 1.54) is 5.56 Å². The zero-order valence-corrected chi connectivity index (χ0v) is 13.3. The van der Waals surface area contributed by atoms with Gasteiger partial charge < -0.3 is 10.1 Å². The Kier molecular flexibility index (Phi) is 4.39. The van der Waals surface area contributed by atoms with E-state index in [9.17, 15) is 0 Å². The van der Waals surface area contributed by atoms with Gasteiger partial charge in [0.05, 0.1) is 12.6 Å². The van der Waals surface area contributed by atoms with Crippen LogP contribution in [0.1, 0.15) is 29.7 Å². The molecule has 2 nitrogen and oxygen atoms in total. The molecule has 0 spiro atoms. The van der Waals surface area contributed by atoms with Crippen LogP contribution in [0.25, 0.3) is 0 Å². The number of fused-ring (bicyclic) bond motifs is 1. The maximum absolute atomic E-state index is 6.40. The number of hydrogen-bond donors (Lipinski definition) is 1. The van der Waals surface area contributed by atoms with Gasteiger partial charge >= 0.3 is 0 Å². The molecule has 21 heavy (non-hydrogen) atoms. The summed E-state index contributed by atoms with van der Waals surface area (Å²) in [5.74, 6) is 0.972. The third kappa shape index (κ3) is 2.76. The molecule has 3 rings (SSSR count). The summed E-state index contributed by atoms with van der Waals surface area (Å²) in [6, 6.07) is 11.8. The second kappa shape index (κ2) is 6.27. The molecule has 0 amide bonds. The van der Waals surface area contributed by atoms with Gasteiger partial charge in [-0.05, 0) is 24.2 Å². The van der Waals surface area contributed by atoms with Crippen LogP contribution >= 0.6 is 23.2 Å². The average molecular weight is 322 g/mol. The topological polar surface area (TPSA) is 21.3 Å².